The zero-order valence-corrected chi connectivity index (χ0v) is 14.0. The van der Waals surface area contributed by atoms with Crippen LogP contribution in [-0.2, 0) is 4.79 Å². The van der Waals surface area contributed by atoms with Crippen LogP contribution in [0.4, 0.5) is 0 Å². The van der Waals surface area contributed by atoms with Crippen molar-refractivity contribution in [2.45, 2.75) is 18.1 Å². The normalized spacial score (nSPS) is 11.9. The van der Waals surface area contributed by atoms with E-state index in [1.165, 1.54) is 11.8 Å². The van der Waals surface area contributed by atoms with Crippen molar-refractivity contribution < 1.29 is 14.7 Å². The zero-order valence-electron chi connectivity index (χ0n) is 12.4. The number of halogens is 1. The van der Waals surface area contributed by atoms with E-state index in [2.05, 4.69) is 0 Å². The van der Waals surface area contributed by atoms with Gasteiger partial charge in [0.1, 0.15) is 0 Å². The number of thioether (sulfide) groups is 1. The first-order valence-electron chi connectivity index (χ1n) is 7.23. The molecule has 0 radical (unpaired) electrons. The average molecular weight is 349 g/mol. The molecular weight excluding hydrogens is 332 g/mol. The lowest BCUT2D eigenvalue weighted by Crippen LogP contribution is -2.07. The number of carbonyl (C=O) groups excluding carboxylic acids is 1. The molecule has 0 aliphatic carbocycles. The van der Waals surface area contributed by atoms with Gasteiger partial charge < -0.3 is 5.11 Å². The van der Waals surface area contributed by atoms with Crippen LogP contribution in [0.25, 0.3) is 0 Å². The number of aliphatic carboxylic acids is 1. The topological polar surface area (TPSA) is 54.4 Å². The van der Waals surface area contributed by atoms with E-state index in [0.717, 1.165) is 5.56 Å². The van der Waals surface area contributed by atoms with Gasteiger partial charge in [0.25, 0.3) is 0 Å². The molecule has 23 heavy (non-hydrogen) atoms. The molecular formula is C18H17ClO3S. The van der Waals surface area contributed by atoms with Gasteiger partial charge >= 0.3 is 5.97 Å². The Bertz CT molecular complexity index is 656. The molecule has 0 unspecified atom stereocenters. The second kappa shape index (κ2) is 8.75. The van der Waals surface area contributed by atoms with E-state index in [1.807, 2.05) is 30.3 Å². The van der Waals surface area contributed by atoms with Crippen molar-refractivity contribution >= 4 is 35.1 Å². The summed E-state index contributed by atoms with van der Waals surface area (Å²) >= 11 is 7.35. The van der Waals surface area contributed by atoms with Crippen molar-refractivity contribution in [2.24, 2.45) is 0 Å². The maximum Gasteiger partial charge on any atom is 0.304 e. The summed E-state index contributed by atoms with van der Waals surface area (Å²) in [5.74, 6) is -0.324. The summed E-state index contributed by atoms with van der Waals surface area (Å²) in [4.78, 5) is 23.2. The van der Waals surface area contributed by atoms with Gasteiger partial charge in [0.15, 0.2) is 5.78 Å². The molecule has 0 saturated carbocycles. The molecule has 0 aliphatic heterocycles. The number of carbonyl (C=O) groups is 2. The molecule has 5 heteroatoms. The first-order valence-corrected chi connectivity index (χ1v) is 8.66. The molecule has 0 aliphatic rings. The average Bonchev–Trinajstić information content (AvgIpc) is 2.55. The van der Waals surface area contributed by atoms with Gasteiger partial charge in [-0.25, -0.2) is 0 Å². The molecule has 2 aromatic rings. The quantitative estimate of drug-likeness (QED) is 0.692. The molecule has 1 N–H and O–H groups in total. The highest BCUT2D eigenvalue weighted by molar-refractivity contribution is 7.99. The maximum atomic E-state index is 12.5. The molecule has 3 nitrogen and oxygen atoms in total. The summed E-state index contributed by atoms with van der Waals surface area (Å²) in [6, 6.07) is 16.5. The number of carboxylic acids is 1. The van der Waals surface area contributed by atoms with E-state index in [9.17, 15) is 9.59 Å². The number of carboxylic acid groups (broad SMARTS) is 1. The fourth-order valence-corrected chi connectivity index (χ4v) is 3.47. The molecule has 0 amide bonds. The van der Waals surface area contributed by atoms with E-state index < -0.39 is 5.97 Å². The first kappa shape index (κ1) is 17.6. The first-order chi connectivity index (χ1) is 11.1. The van der Waals surface area contributed by atoms with Gasteiger partial charge in [-0.15, -0.1) is 0 Å². The second-order valence-electron chi connectivity index (χ2n) is 5.05. The zero-order chi connectivity index (χ0) is 16.7. The lowest BCUT2D eigenvalue weighted by atomic mass is 10.0. The molecule has 1 atom stereocenters. The molecule has 0 saturated heterocycles. The number of Topliss-reactive ketones (excluding diaryl/α,β-unsaturated/α-hetero) is 1. The maximum absolute atomic E-state index is 12.5. The largest absolute Gasteiger partial charge is 0.481 e. The van der Waals surface area contributed by atoms with Crippen LogP contribution in [-0.4, -0.2) is 22.6 Å². The van der Waals surface area contributed by atoms with E-state index in [-0.39, 0.29) is 17.5 Å². The molecule has 0 bridgehead atoms. The fourth-order valence-electron chi connectivity index (χ4n) is 2.15. The van der Waals surface area contributed by atoms with E-state index in [1.54, 1.807) is 24.3 Å². The fraction of sp³-hybridized carbons (Fsp3) is 0.222. The van der Waals surface area contributed by atoms with Crippen molar-refractivity contribution in [1.29, 1.82) is 0 Å². The van der Waals surface area contributed by atoms with Gasteiger partial charge in [0, 0.05) is 28.0 Å². The molecule has 120 valence electrons. The van der Waals surface area contributed by atoms with E-state index in [0.29, 0.717) is 22.8 Å². The molecule has 0 spiro atoms. The predicted molar refractivity (Wildman–Crippen MR) is 94.3 cm³/mol. The van der Waals surface area contributed by atoms with Crippen molar-refractivity contribution in [3.63, 3.8) is 0 Å². The third-order valence-electron chi connectivity index (χ3n) is 3.34. The molecule has 0 aromatic heterocycles. The smallest absolute Gasteiger partial charge is 0.304 e. The van der Waals surface area contributed by atoms with Crippen molar-refractivity contribution in [1.82, 2.24) is 0 Å². The SMILES string of the molecule is O=C(O)CCS[C@H](CC(=O)c1ccc(Cl)cc1)c1ccccc1. The van der Waals surface area contributed by atoms with Gasteiger partial charge in [-0.05, 0) is 29.8 Å². The standard InChI is InChI=1S/C18H17ClO3S/c19-15-8-6-13(7-9-15)16(20)12-17(23-11-10-18(21)22)14-4-2-1-3-5-14/h1-9,17H,10-12H2,(H,21,22)/t17-/m1/s1. The van der Waals surface area contributed by atoms with Crippen molar-refractivity contribution in [3.05, 3.63) is 70.7 Å². The summed E-state index contributed by atoms with van der Waals surface area (Å²) in [5, 5.41) is 9.33. The van der Waals surface area contributed by atoms with E-state index in [4.69, 9.17) is 16.7 Å². The van der Waals surface area contributed by atoms with Crippen LogP contribution in [0.2, 0.25) is 5.02 Å². The summed E-state index contributed by atoms with van der Waals surface area (Å²) in [6.07, 6.45) is 0.416. The van der Waals surface area contributed by atoms with E-state index >= 15 is 0 Å². The van der Waals surface area contributed by atoms with Gasteiger partial charge in [-0.2, -0.15) is 11.8 Å². The monoisotopic (exact) mass is 348 g/mol. The summed E-state index contributed by atoms with van der Waals surface area (Å²) in [7, 11) is 0. The molecule has 0 heterocycles. The predicted octanol–water partition coefficient (Wildman–Crippen LogP) is 4.86. The highest BCUT2D eigenvalue weighted by Crippen LogP contribution is 2.33. The summed E-state index contributed by atoms with van der Waals surface area (Å²) in [5.41, 5.74) is 1.65. The Morgan fingerprint density at radius 3 is 2.30 bits per heavy atom. The lowest BCUT2D eigenvalue weighted by Gasteiger charge is -2.16. The minimum absolute atomic E-state index is 0.0262. The number of rotatable bonds is 8. The highest BCUT2D eigenvalue weighted by Gasteiger charge is 2.18. The Kier molecular flexibility index (Phi) is 6.68. The van der Waals surface area contributed by atoms with Crippen LogP contribution in [0.3, 0.4) is 0 Å². The number of benzene rings is 2. The second-order valence-corrected chi connectivity index (χ2v) is 6.80. The van der Waals surface area contributed by atoms with Crippen LogP contribution < -0.4 is 0 Å². The third-order valence-corrected chi connectivity index (χ3v) is 4.88. The molecule has 2 aromatic carbocycles. The minimum Gasteiger partial charge on any atom is -0.481 e. The summed E-state index contributed by atoms with van der Waals surface area (Å²) in [6.45, 7) is 0. The van der Waals surface area contributed by atoms with Gasteiger partial charge in [0.2, 0.25) is 0 Å². The Labute approximate surface area is 144 Å². The minimum atomic E-state index is -0.826. The lowest BCUT2D eigenvalue weighted by molar-refractivity contribution is -0.136. The Morgan fingerprint density at radius 1 is 1.04 bits per heavy atom. The Morgan fingerprint density at radius 2 is 1.70 bits per heavy atom. The van der Waals surface area contributed by atoms with Gasteiger partial charge in [0.05, 0.1) is 6.42 Å². The van der Waals surface area contributed by atoms with Crippen LogP contribution in [0.1, 0.15) is 34.0 Å². The Balaban J connectivity index is 2.08. The van der Waals surface area contributed by atoms with Crippen LogP contribution in [0.15, 0.2) is 54.6 Å². The van der Waals surface area contributed by atoms with Crippen LogP contribution >= 0.6 is 23.4 Å². The number of hydrogen-bond donors (Lipinski definition) is 1. The van der Waals surface area contributed by atoms with Crippen molar-refractivity contribution in [3.8, 4) is 0 Å². The number of hydrogen-bond acceptors (Lipinski definition) is 3. The highest BCUT2D eigenvalue weighted by atomic mass is 35.5. The van der Waals surface area contributed by atoms with Crippen LogP contribution in [0, 0.1) is 0 Å². The molecule has 0 fully saturated rings. The Hall–Kier alpha value is -1.78. The van der Waals surface area contributed by atoms with Crippen molar-refractivity contribution in [2.75, 3.05) is 5.75 Å². The van der Waals surface area contributed by atoms with Gasteiger partial charge in [-0.1, -0.05) is 41.9 Å². The molecule has 2 rings (SSSR count). The van der Waals surface area contributed by atoms with Crippen LogP contribution in [0.5, 0.6) is 0 Å². The number of ketones is 1. The summed E-state index contributed by atoms with van der Waals surface area (Å²) < 4.78 is 0. The van der Waals surface area contributed by atoms with Gasteiger partial charge in [-0.3, -0.25) is 9.59 Å². The third kappa shape index (κ3) is 5.73.